The molecule has 35 heavy (non-hydrogen) atoms. The van der Waals surface area contributed by atoms with Gasteiger partial charge in [-0.05, 0) is 54.4 Å². The largest absolute Gasteiger partial charge is 0.497 e. The predicted molar refractivity (Wildman–Crippen MR) is 138 cm³/mol. The number of nitrogens with one attached hydrogen (secondary N) is 2. The highest BCUT2D eigenvalue weighted by Gasteiger charge is 2.34. The van der Waals surface area contributed by atoms with E-state index >= 15 is 0 Å². The lowest BCUT2D eigenvalue weighted by atomic mass is 9.72. The predicted octanol–water partition coefficient (Wildman–Crippen LogP) is 5.15. The number of carbonyl (C=O) groups is 2. The maximum atomic E-state index is 13.6. The number of fused-ring (bicyclic) bond motifs is 1. The fourth-order valence-electron chi connectivity index (χ4n) is 4.50. The molecule has 2 aromatic heterocycles. The lowest BCUT2D eigenvalue weighted by Gasteiger charge is -2.33. The number of rotatable bonds is 6. The molecule has 0 radical (unpaired) electrons. The van der Waals surface area contributed by atoms with Gasteiger partial charge in [-0.25, -0.2) is 0 Å². The molecule has 0 saturated carbocycles. The average Bonchev–Trinajstić information content (AvgIpc) is 3.41. The van der Waals surface area contributed by atoms with Crippen LogP contribution in [0.1, 0.15) is 58.5 Å². The number of ether oxygens (including phenoxy) is 2. The molecule has 2 heterocycles. The first-order valence-electron chi connectivity index (χ1n) is 11.6. The van der Waals surface area contributed by atoms with Gasteiger partial charge in [-0.1, -0.05) is 20.8 Å². The van der Waals surface area contributed by atoms with Crippen LogP contribution in [0.25, 0.3) is 0 Å². The van der Waals surface area contributed by atoms with Crippen molar-refractivity contribution < 1.29 is 19.1 Å². The Bertz CT molecular complexity index is 1250. The Hall–Kier alpha value is -3.33. The Kier molecular flexibility index (Phi) is 6.89. The molecule has 4 rings (SSSR count). The Morgan fingerprint density at radius 2 is 1.89 bits per heavy atom. The zero-order chi connectivity index (χ0) is 25.3. The minimum atomic E-state index is -0.299. The molecule has 1 aromatic carbocycles. The fraction of sp³-hybridized carbons (Fsp3) is 0.423. The molecule has 0 fully saturated rings. The zero-order valence-corrected chi connectivity index (χ0v) is 21.8. The zero-order valence-electron chi connectivity index (χ0n) is 21.0. The molecule has 0 spiro atoms. The standard InChI is InChI=1S/C26H32N4O4S/c1-26(2,3)15-7-9-17-21(13-15)35-25(29-23(31)19-11-12-27-30(19)4)22(17)24(32)28-18-10-8-16(33-5)14-20(18)34-6/h8,10-12,14-15H,7,9,13H2,1-6H3,(H,28,32)(H,29,31)/t15-/m0/s1. The molecule has 2 N–H and O–H groups in total. The number of carbonyl (C=O) groups excluding carboxylic acids is 2. The first kappa shape index (κ1) is 24.8. The summed E-state index contributed by atoms with van der Waals surface area (Å²) in [4.78, 5) is 27.8. The summed E-state index contributed by atoms with van der Waals surface area (Å²) in [6.45, 7) is 6.76. The molecule has 0 bridgehead atoms. The highest BCUT2D eigenvalue weighted by molar-refractivity contribution is 7.17. The summed E-state index contributed by atoms with van der Waals surface area (Å²) in [7, 11) is 4.83. The highest BCUT2D eigenvalue weighted by atomic mass is 32.1. The van der Waals surface area contributed by atoms with Crippen LogP contribution in [-0.4, -0.2) is 35.8 Å². The van der Waals surface area contributed by atoms with Crippen molar-refractivity contribution in [3.05, 3.63) is 52.2 Å². The molecule has 3 aromatic rings. The smallest absolute Gasteiger partial charge is 0.274 e. The number of aryl methyl sites for hydroxylation is 1. The quantitative estimate of drug-likeness (QED) is 0.492. The molecular formula is C26H32N4O4S. The van der Waals surface area contributed by atoms with Crippen LogP contribution in [0.15, 0.2) is 30.5 Å². The number of aromatic nitrogens is 2. The Morgan fingerprint density at radius 3 is 2.51 bits per heavy atom. The summed E-state index contributed by atoms with van der Waals surface area (Å²) < 4.78 is 12.2. The third-order valence-electron chi connectivity index (χ3n) is 6.65. The number of anilines is 2. The van der Waals surface area contributed by atoms with E-state index in [1.807, 2.05) is 0 Å². The van der Waals surface area contributed by atoms with Gasteiger partial charge >= 0.3 is 0 Å². The van der Waals surface area contributed by atoms with Crippen LogP contribution in [0.4, 0.5) is 10.7 Å². The van der Waals surface area contributed by atoms with Gasteiger partial charge in [-0.15, -0.1) is 11.3 Å². The van der Waals surface area contributed by atoms with Crippen LogP contribution in [0.2, 0.25) is 0 Å². The fourth-order valence-corrected chi connectivity index (χ4v) is 5.82. The van der Waals surface area contributed by atoms with Gasteiger partial charge in [0.2, 0.25) is 0 Å². The van der Waals surface area contributed by atoms with Crippen LogP contribution in [0, 0.1) is 11.3 Å². The molecule has 186 valence electrons. The van der Waals surface area contributed by atoms with Crippen molar-refractivity contribution >= 4 is 33.8 Å². The van der Waals surface area contributed by atoms with Gasteiger partial charge < -0.3 is 20.1 Å². The molecule has 8 nitrogen and oxygen atoms in total. The summed E-state index contributed by atoms with van der Waals surface area (Å²) in [5, 5.41) is 10.6. The second kappa shape index (κ2) is 9.73. The topological polar surface area (TPSA) is 94.5 Å². The molecule has 9 heteroatoms. The summed E-state index contributed by atoms with van der Waals surface area (Å²) >= 11 is 1.49. The van der Waals surface area contributed by atoms with Gasteiger partial charge in [0.05, 0.1) is 25.5 Å². The normalized spacial score (nSPS) is 15.3. The van der Waals surface area contributed by atoms with Gasteiger partial charge in [0.25, 0.3) is 11.8 Å². The van der Waals surface area contributed by atoms with Crippen LogP contribution >= 0.6 is 11.3 Å². The number of hydrogen-bond acceptors (Lipinski definition) is 6. The molecule has 0 saturated heterocycles. The third-order valence-corrected chi connectivity index (χ3v) is 7.82. The highest BCUT2D eigenvalue weighted by Crippen LogP contribution is 2.45. The van der Waals surface area contributed by atoms with Crippen molar-refractivity contribution in [1.29, 1.82) is 0 Å². The Balaban J connectivity index is 1.70. The third kappa shape index (κ3) is 5.05. The maximum Gasteiger partial charge on any atom is 0.274 e. The second-order valence-electron chi connectivity index (χ2n) is 9.83. The van der Waals surface area contributed by atoms with E-state index in [-0.39, 0.29) is 17.2 Å². The van der Waals surface area contributed by atoms with Crippen molar-refractivity contribution in [2.45, 2.75) is 40.0 Å². The molecular weight excluding hydrogens is 464 g/mol. The molecule has 0 aliphatic heterocycles. The monoisotopic (exact) mass is 496 g/mol. The SMILES string of the molecule is COc1ccc(NC(=O)c2c(NC(=O)c3ccnn3C)sc3c2CC[C@H](C(C)(C)C)C3)c(OC)c1. The van der Waals surface area contributed by atoms with E-state index in [1.54, 1.807) is 51.7 Å². The lowest BCUT2D eigenvalue weighted by Crippen LogP contribution is -2.27. The average molecular weight is 497 g/mol. The van der Waals surface area contributed by atoms with E-state index in [9.17, 15) is 9.59 Å². The van der Waals surface area contributed by atoms with Gasteiger partial charge in [0.15, 0.2) is 0 Å². The summed E-state index contributed by atoms with van der Waals surface area (Å²) in [6.07, 6.45) is 4.25. The van der Waals surface area contributed by atoms with Crippen molar-refractivity contribution in [1.82, 2.24) is 9.78 Å². The number of thiophene rings is 1. The van der Waals surface area contributed by atoms with E-state index in [1.165, 1.54) is 16.0 Å². The van der Waals surface area contributed by atoms with E-state index in [4.69, 9.17) is 9.47 Å². The number of benzene rings is 1. The number of amides is 2. The molecule has 1 aliphatic rings. The van der Waals surface area contributed by atoms with Crippen molar-refractivity contribution in [2.24, 2.45) is 18.4 Å². The van der Waals surface area contributed by atoms with Crippen molar-refractivity contribution in [3.8, 4) is 11.5 Å². The maximum absolute atomic E-state index is 13.6. The van der Waals surface area contributed by atoms with Gasteiger partial charge in [-0.3, -0.25) is 14.3 Å². The first-order valence-corrected chi connectivity index (χ1v) is 12.4. The molecule has 0 unspecified atom stereocenters. The number of methoxy groups -OCH3 is 2. The minimum Gasteiger partial charge on any atom is -0.497 e. The van der Waals surface area contributed by atoms with E-state index in [0.29, 0.717) is 39.4 Å². The number of nitrogens with zero attached hydrogens (tertiary/aromatic N) is 2. The minimum absolute atomic E-state index is 0.165. The lowest BCUT2D eigenvalue weighted by molar-refractivity contribution is 0.101. The second-order valence-corrected chi connectivity index (χ2v) is 10.9. The van der Waals surface area contributed by atoms with E-state index in [2.05, 4.69) is 36.5 Å². The number of hydrogen-bond donors (Lipinski definition) is 2. The molecule has 1 aliphatic carbocycles. The van der Waals surface area contributed by atoms with Gasteiger partial charge in [0, 0.05) is 24.2 Å². The van der Waals surface area contributed by atoms with Crippen LogP contribution in [-0.2, 0) is 19.9 Å². The van der Waals surface area contributed by atoms with Gasteiger partial charge in [0.1, 0.15) is 22.2 Å². The van der Waals surface area contributed by atoms with Crippen LogP contribution < -0.4 is 20.1 Å². The summed E-state index contributed by atoms with van der Waals surface area (Å²) in [5.41, 5.74) is 2.66. The van der Waals surface area contributed by atoms with E-state index in [0.717, 1.165) is 29.7 Å². The summed E-state index contributed by atoms with van der Waals surface area (Å²) in [6, 6.07) is 6.89. The van der Waals surface area contributed by atoms with Crippen molar-refractivity contribution in [2.75, 3.05) is 24.9 Å². The van der Waals surface area contributed by atoms with Crippen molar-refractivity contribution in [3.63, 3.8) is 0 Å². The van der Waals surface area contributed by atoms with Crippen LogP contribution in [0.5, 0.6) is 11.5 Å². The molecule has 1 atom stereocenters. The first-order chi connectivity index (χ1) is 16.6. The van der Waals surface area contributed by atoms with E-state index < -0.39 is 0 Å². The van der Waals surface area contributed by atoms with Gasteiger partial charge in [-0.2, -0.15) is 5.10 Å². The molecule has 2 amide bonds. The Labute approximate surface area is 209 Å². The van der Waals surface area contributed by atoms with Crippen LogP contribution in [0.3, 0.4) is 0 Å². The summed E-state index contributed by atoms with van der Waals surface area (Å²) in [5.74, 6) is 1.06. The Morgan fingerprint density at radius 1 is 1.11 bits per heavy atom.